The van der Waals surface area contributed by atoms with E-state index in [0.29, 0.717) is 0 Å². The lowest BCUT2D eigenvalue weighted by Crippen LogP contribution is -2.19. The van der Waals surface area contributed by atoms with Gasteiger partial charge in [0.15, 0.2) is 7.28 Å². The van der Waals surface area contributed by atoms with Crippen molar-refractivity contribution in [1.29, 1.82) is 0 Å². The van der Waals surface area contributed by atoms with Crippen LogP contribution in [0, 0.1) is 0 Å². The predicted octanol–water partition coefficient (Wildman–Crippen LogP) is -0.171. The van der Waals surface area contributed by atoms with E-state index < -0.39 is 0 Å². The van der Waals surface area contributed by atoms with Crippen LogP contribution < -0.4 is 11.0 Å². The molecule has 1 aromatic rings. The summed E-state index contributed by atoms with van der Waals surface area (Å²) in [6, 6.07) is 3.42. The molecule has 1 aromatic heterocycles. The van der Waals surface area contributed by atoms with E-state index >= 15 is 0 Å². The van der Waals surface area contributed by atoms with Crippen molar-refractivity contribution < 1.29 is 0 Å². The smallest absolute Gasteiger partial charge is 0.247 e. The van der Waals surface area contributed by atoms with Crippen LogP contribution in [0.4, 0.5) is 0 Å². The Labute approximate surface area is 73.4 Å². The highest BCUT2D eigenvalue weighted by atomic mass is 127. The average molecular weight is 247 g/mol. The van der Waals surface area contributed by atoms with Gasteiger partial charge in [-0.25, -0.2) is 0 Å². The Morgan fingerprint density at radius 3 is 2.90 bits per heavy atom. The molecule has 4 heteroatoms. The lowest BCUT2D eigenvalue weighted by Gasteiger charge is -1.91. The van der Waals surface area contributed by atoms with Crippen LogP contribution in [-0.4, -0.2) is 16.6 Å². The number of aromatic amines is 1. The van der Waals surface area contributed by atoms with Crippen LogP contribution in [0.3, 0.4) is 0 Å². The molecule has 0 fully saturated rings. The molecule has 52 valence electrons. The highest BCUT2D eigenvalue weighted by Crippen LogP contribution is 1.77. The van der Waals surface area contributed by atoms with Crippen LogP contribution in [0.2, 0.25) is 0 Å². The van der Waals surface area contributed by atoms with Crippen molar-refractivity contribution in [3.8, 4) is 0 Å². The highest BCUT2D eigenvalue weighted by Gasteiger charge is 1.91. The van der Waals surface area contributed by atoms with Crippen LogP contribution in [0.5, 0.6) is 0 Å². The molecule has 1 N–H and O–H groups in total. The van der Waals surface area contributed by atoms with Crippen LogP contribution in [-0.2, 0) is 0 Å². The molecular weight excluding hydrogens is 240 g/mol. The van der Waals surface area contributed by atoms with Gasteiger partial charge >= 0.3 is 0 Å². The molecule has 0 unspecified atom stereocenters. The van der Waals surface area contributed by atoms with E-state index in [1.165, 1.54) is 5.46 Å². The van der Waals surface area contributed by atoms with Crippen molar-refractivity contribution in [3.63, 3.8) is 0 Å². The maximum atomic E-state index is 10.6. The van der Waals surface area contributed by atoms with Crippen molar-refractivity contribution in [2.75, 3.05) is 4.33 Å². The van der Waals surface area contributed by atoms with E-state index in [2.05, 4.69) is 27.6 Å². The number of hydrogen-bond donors (Lipinski definition) is 1. The van der Waals surface area contributed by atoms with Gasteiger partial charge in [-0.15, -0.1) is 0 Å². The Balaban J connectivity index is 2.79. The fourth-order valence-corrected chi connectivity index (χ4v) is 1.33. The summed E-state index contributed by atoms with van der Waals surface area (Å²) in [6.07, 6.45) is 1.76. The number of alkyl halides is 1. The minimum Gasteiger partial charge on any atom is -0.330 e. The monoisotopic (exact) mass is 247 g/mol. The summed E-state index contributed by atoms with van der Waals surface area (Å²) in [6.45, 7) is 0. The minimum atomic E-state index is -0.0304. The zero-order valence-corrected chi connectivity index (χ0v) is 7.59. The minimum absolute atomic E-state index is 0.0304. The van der Waals surface area contributed by atoms with E-state index in [9.17, 15) is 4.79 Å². The second-order valence-electron chi connectivity index (χ2n) is 2.00. The lowest BCUT2D eigenvalue weighted by molar-refractivity contribution is 1.25. The van der Waals surface area contributed by atoms with Gasteiger partial charge in [-0.05, 0) is 10.5 Å². The van der Waals surface area contributed by atoms with Crippen molar-refractivity contribution in [3.05, 3.63) is 28.7 Å². The first kappa shape index (κ1) is 7.85. The standard InChI is InChI=1S/C6H7BINO/c8-4-7-5-1-2-6(10)9-3-5/h1-3,7H,4H2,(H,9,10). The molecule has 0 aliphatic heterocycles. The maximum absolute atomic E-state index is 10.6. The van der Waals surface area contributed by atoms with E-state index in [1.54, 1.807) is 12.3 Å². The molecule has 0 aliphatic carbocycles. The number of halogens is 1. The number of aromatic nitrogens is 1. The van der Waals surface area contributed by atoms with Crippen molar-refractivity contribution in [2.45, 2.75) is 0 Å². The van der Waals surface area contributed by atoms with Gasteiger partial charge in [0.05, 0.1) is 0 Å². The molecule has 0 spiro atoms. The zero-order chi connectivity index (χ0) is 7.40. The van der Waals surface area contributed by atoms with Crippen molar-refractivity contribution >= 4 is 35.3 Å². The second-order valence-corrected chi connectivity index (χ2v) is 3.08. The van der Waals surface area contributed by atoms with Gasteiger partial charge < -0.3 is 4.98 Å². The van der Waals surface area contributed by atoms with Crippen molar-refractivity contribution in [1.82, 2.24) is 4.98 Å². The van der Waals surface area contributed by atoms with Crippen LogP contribution in [0.25, 0.3) is 0 Å². The number of pyridine rings is 1. The molecule has 0 bridgehead atoms. The topological polar surface area (TPSA) is 32.9 Å². The molecule has 10 heavy (non-hydrogen) atoms. The summed E-state index contributed by atoms with van der Waals surface area (Å²) in [5.41, 5.74) is 1.16. The SMILES string of the molecule is O=c1ccc(BCI)c[nH]1. The molecule has 0 saturated heterocycles. The summed E-state index contributed by atoms with van der Waals surface area (Å²) in [5, 5.41) is 0. The quantitative estimate of drug-likeness (QED) is 0.439. The molecule has 1 rings (SSSR count). The third-order valence-corrected chi connectivity index (χ3v) is 1.77. The fourth-order valence-electron chi connectivity index (χ4n) is 0.707. The first-order valence-electron chi connectivity index (χ1n) is 3.06. The van der Waals surface area contributed by atoms with E-state index in [4.69, 9.17) is 0 Å². The summed E-state index contributed by atoms with van der Waals surface area (Å²) in [7, 11) is 1.03. The normalized spacial score (nSPS) is 9.30. The summed E-state index contributed by atoms with van der Waals surface area (Å²) < 4.78 is 1.09. The van der Waals surface area contributed by atoms with Crippen LogP contribution in [0.1, 0.15) is 0 Å². The van der Waals surface area contributed by atoms with E-state index in [1.807, 2.05) is 6.07 Å². The highest BCUT2D eigenvalue weighted by molar-refractivity contribution is 14.1. The summed E-state index contributed by atoms with van der Waals surface area (Å²) >= 11 is 2.31. The Bertz CT molecular complexity index is 240. The third kappa shape index (κ3) is 2.17. The van der Waals surface area contributed by atoms with Crippen LogP contribution in [0.15, 0.2) is 23.1 Å². The van der Waals surface area contributed by atoms with Gasteiger partial charge in [-0.2, -0.15) is 0 Å². The predicted molar refractivity (Wildman–Crippen MR) is 52.7 cm³/mol. The molecule has 0 aromatic carbocycles. The fraction of sp³-hybridized carbons (Fsp3) is 0.167. The Morgan fingerprint density at radius 2 is 2.40 bits per heavy atom. The van der Waals surface area contributed by atoms with Crippen molar-refractivity contribution in [2.24, 2.45) is 0 Å². The maximum Gasteiger partial charge on any atom is 0.247 e. The number of H-pyrrole nitrogens is 1. The number of hydrogen-bond acceptors (Lipinski definition) is 1. The van der Waals surface area contributed by atoms with Crippen LogP contribution >= 0.6 is 22.6 Å². The first-order valence-corrected chi connectivity index (χ1v) is 4.59. The molecular formula is C6H7BINO. The molecule has 1 heterocycles. The molecule has 0 aliphatic rings. The Morgan fingerprint density at radius 1 is 1.60 bits per heavy atom. The zero-order valence-electron chi connectivity index (χ0n) is 5.43. The molecule has 0 atom stereocenters. The van der Waals surface area contributed by atoms with Gasteiger partial charge in [0.2, 0.25) is 5.56 Å². The summed E-state index contributed by atoms with van der Waals surface area (Å²) in [5.74, 6) is 0. The molecule has 2 nitrogen and oxygen atoms in total. The number of rotatable bonds is 2. The largest absolute Gasteiger partial charge is 0.330 e. The second kappa shape index (κ2) is 3.80. The molecule has 0 saturated carbocycles. The van der Waals surface area contributed by atoms with E-state index in [-0.39, 0.29) is 5.56 Å². The lowest BCUT2D eigenvalue weighted by atomic mass is 9.74. The van der Waals surface area contributed by atoms with Gasteiger partial charge in [-0.1, -0.05) is 34.1 Å². The average Bonchev–Trinajstić information content (AvgIpc) is 1.95. The van der Waals surface area contributed by atoms with Gasteiger partial charge in [0.25, 0.3) is 0 Å². The van der Waals surface area contributed by atoms with Gasteiger partial charge in [-0.3, -0.25) is 4.79 Å². The van der Waals surface area contributed by atoms with E-state index in [0.717, 1.165) is 11.6 Å². The molecule has 0 radical (unpaired) electrons. The Hall–Kier alpha value is -0.255. The first-order chi connectivity index (χ1) is 4.83. The summed E-state index contributed by atoms with van der Waals surface area (Å²) in [4.78, 5) is 13.2. The number of nitrogens with one attached hydrogen (secondary N) is 1. The Kier molecular flexibility index (Phi) is 2.98. The van der Waals surface area contributed by atoms with Gasteiger partial charge in [0.1, 0.15) is 0 Å². The molecule has 0 amide bonds. The third-order valence-electron chi connectivity index (χ3n) is 1.23. The van der Waals surface area contributed by atoms with Gasteiger partial charge in [0, 0.05) is 6.07 Å².